The first-order valence-electron chi connectivity index (χ1n) is 8.06. The fourth-order valence-corrected chi connectivity index (χ4v) is 2.51. The van der Waals surface area contributed by atoms with Crippen LogP contribution in [0.2, 0.25) is 0 Å². The summed E-state index contributed by atoms with van der Waals surface area (Å²) < 4.78 is 0. The van der Waals surface area contributed by atoms with Gasteiger partial charge in [0.05, 0.1) is 0 Å². The normalized spacial score (nSPS) is 10.4. The third-order valence-electron chi connectivity index (χ3n) is 3.74. The maximum Gasteiger partial charge on any atom is 0.231 e. The van der Waals surface area contributed by atoms with Crippen molar-refractivity contribution in [3.05, 3.63) is 72.2 Å². The monoisotopic (exact) mass is 319 g/mol. The summed E-state index contributed by atoms with van der Waals surface area (Å²) in [4.78, 5) is 15.2. The lowest BCUT2D eigenvalue weighted by Gasteiger charge is -2.21. The van der Waals surface area contributed by atoms with Crippen LogP contribution >= 0.6 is 0 Å². The third-order valence-corrected chi connectivity index (χ3v) is 3.74. The van der Waals surface area contributed by atoms with Gasteiger partial charge in [0.15, 0.2) is 0 Å². The number of anilines is 3. The molecule has 0 fully saturated rings. The molecule has 0 atom stereocenters. The van der Waals surface area contributed by atoms with Crippen LogP contribution in [0.15, 0.2) is 61.1 Å². The molecule has 1 aromatic carbocycles. The quantitative estimate of drug-likeness (QED) is 0.745. The topological polar surface area (TPSA) is 53.9 Å². The van der Waals surface area contributed by atoms with Crippen LogP contribution in [0.4, 0.5) is 17.5 Å². The van der Waals surface area contributed by atoms with Crippen molar-refractivity contribution >= 4 is 17.5 Å². The second kappa shape index (κ2) is 7.55. The molecule has 2 aromatic heterocycles. The molecule has 0 bridgehead atoms. The van der Waals surface area contributed by atoms with Crippen molar-refractivity contribution in [1.82, 2.24) is 15.0 Å². The van der Waals surface area contributed by atoms with Gasteiger partial charge >= 0.3 is 0 Å². The number of aromatic nitrogens is 3. The van der Waals surface area contributed by atoms with Gasteiger partial charge in [-0.15, -0.1) is 0 Å². The summed E-state index contributed by atoms with van der Waals surface area (Å²) in [6.45, 7) is 5.69. The van der Waals surface area contributed by atoms with Crippen molar-refractivity contribution in [1.29, 1.82) is 0 Å². The van der Waals surface area contributed by atoms with Gasteiger partial charge in [-0.25, -0.2) is 4.98 Å². The molecular formula is C19H21N5. The number of hydrogen-bond acceptors (Lipinski definition) is 5. The summed E-state index contributed by atoms with van der Waals surface area (Å²) in [7, 11) is 0. The summed E-state index contributed by atoms with van der Waals surface area (Å²) in [5, 5.41) is 3.34. The number of benzene rings is 1. The van der Waals surface area contributed by atoms with Crippen LogP contribution in [0, 0.1) is 6.92 Å². The van der Waals surface area contributed by atoms with Crippen molar-refractivity contribution in [2.24, 2.45) is 0 Å². The Labute approximate surface area is 142 Å². The van der Waals surface area contributed by atoms with E-state index in [4.69, 9.17) is 0 Å². The maximum absolute atomic E-state index is 4.65. The van der Waals surface area contributed by atoms with E-state index in [1.54, 1.807) is 18.6 Å². The molecule has 0 aliphatic carbocycles. The smallest absolute Gasteiger partial charge is 0.231 e. The van der Waals surface area contributed by atoms with Crippen molar-refractivity contribution < 1.29 is 0 Å². The number of hydrogen-bond donors (Lipinski definition) is 1. The van der Waals surface area contributed by atoms with Gasteiger partial charge in [0.2, 0.25) is 5.95 Å². The minimum atomic E-state index is 0.697. The van der Waals surface area contributed by atoms with Gasteiger partial charge in [0, 0.05) is 37.4 Å². The fraction of sp³-hybridized carbons (Fsp3) is 0.211. The lowest BCUT2D eigenvalue weighted by Crippen LogP contribution is -2.19. The first-order valence-corrected chi connectivity index (χ1v) is 8.06. The molecule has 0 unspecified atom stereocenters. The Morgan fingerprint density at radius 3 is 2.62 bits per heavy atom. The number of nitrogens with zero attached hydrogens (tertiary/aromatic N) is 4. The number of rotatable bonds is 6. The standard InChI is InChI=1S/C19H21N5/c1-3-24(17-6-4-5-15(2)13-17)19-21-12-9-18(23-19)22-14-16-7-10-20-11-8-16/h4-13H,3,14H2,1-2H3,(H,21,22,23). The van der Waals surface area contributed by atoms with Crippen molar-refractivity contribution in [2.75, 3.05) is 16.8 Å². The number of pyridine rings is 1. The Morgan fingerprint density at radius 2 is 1.88 bits per heavy atom. The Kier molecular flexibility index (Phi) is 5.01. The van der Waals surface area contributed by atoms with Crippen LogP contribution in [-0.4, -0.2) is 21.5 Å². The molecule has 3 aromatic rings. The number of aryl methyl sites for hydroxylation is 1. The molecule has 24 heavy (non-hydrogen) atoms. The van der Waals surface area contributed by atoms with Crippen molar-refractivity contribution in [3.8, 4) is 0 Å². The van der Waals surface area contributed by atoms with E-state index in [2.05, 4.69) is 63.3 Å². The lowest BCUT2D eigenvalue weighted by atomic mass is 10.2. The molecule has 1 N–H and O–H groups in total. The Morgan fingerprint density at radius 1 is 1.04 bits per heavy atom. The van der Waals surface area contributed by atoms with Crippen molar-refractivity contribution in [3.63, 3.8) is 0 Å². The van der Waals surface area contributed by atoms with Gasteiger partial charge < -0.3 is 10.2 Å². The van der Waals surface area contributed by atoms with E-state index in [1.807, 2.05) is 18.2 Å². The van der Waals surface area contributed by atoms with E-state index in [0.29, 0.717) is 12.5 Å². The van der Waals surface area contributed by atoms with E-state index in [9.17, 15) is 0 Å². The molecule has 0 saturated heterocycles. The molecular weight excluding hydrogens is 298 g/mol. The molecule has 0 radical (unpaired) electrons. The molecule has 0 aliphatic rings. The van der Waals surface area contributed by atoms with Gasteiger partial charge in [0.1, 0.15) is 5.82 Å². The molecule has 122 valence electrons. The Bertz CT molecular complexity index is 789. The largest absolute Gasteiger partial charge is 0.366 e. The number of nitrogens with one attached hydrogen (secondary N) is 1. The first kappa shape index (κ1) is 15.9. The molecule has 0 saturated carbocycles. The average molecular weight is 319 g/mol. The van der Waals surface area contributed by atoms with Gasteiger partial charge in [-0.2, -0.15) is 4.98 Å². The molecule has 0 amide bonds. The minimum absolute atomic E-state index is 0.697. The summed E-state index contributed by atoms with van der Waals surface area (Å²) in [6, 6.07) is 14.2. The van der Waals surface area contributed by atoms with Gasteiger partial charge in [0.25, 0.3) is 0 Å². The summed E-state index contributed by atoms with van der Waals surface area (Å²) in [5.41, 5.74) is 3.48. The summed E-state index contributed by atoms with van der Waals surface area (Å²) in [6.07, 6.45) is 5.37. The summed E-state index contributed by atoms with van der Waals surface area (Å²) >= 11 is 0. The zero-order chi connectivity index (χ0) is 16.8. The second-order valence-electron chi connectivity index (χ2n) is 5.53. The van der Waals surface area contributed by atoms with Gasteiger partial charge in [-0.3, -0.25) is 4.98 Å². The highest BCUT2D eigenvalue weighted by Gasteiger charge is 2.11. The van der Waals surface area contributed by atoms with Crippen LogP contribution in [0.3, 0.4) is 0 Å². The zero-order valence-corrected chi connectivity index (χ0v) is 14.0. The van der Waals surface area contributed by atoms with Crippen molar-refractivity contribution in [2.45, 2.75) is 20.4 Å². The predicted octanol–water partition coefficient (Wildman–Crippen LogP) is 3.95. The average Bonchev–Trinajstić information content (AvgIpc) is 2.62. The summed E-state index contributed by atoms with van der Waals surface area (Å²) in [5.74, 6) is 1.51. The molecule has 0 spiro atoms. The second-order valence-corrected chi connectivity index (χ2v) is 5.53. The van der Waals surface area contributed by atoms with E-state index in [1.165, 1.54) is 5.56 Å². The lowest BCUT2D eigenvalue weighted by molar-refractivity contribution is 0.941. The van der Waals surface area contributed by atoms with Crippen LogP contribution in [0.25, 0.3) is 0 Å². The highest BCUT2D eigenvalue weighted by Crippen LogP contribution is 2.23. The molecule has 3 rings (SSSR count). The van der Waals surface area contributed by atoms with E-state index in [0.717, 1.165) is 23.6 Å². The zero-order valence-electron chi connectivity index (χ0n) is 14.0. The van der Waals surface area contributed by atoms with Gasteiger partial charge in [-0.05, 0) is 55.3 Å². The van der Waals surface area contributed by atoms with Crippen LogP contribution < -0.4 is 10.2 Å². The SMILES string of the molecule is CCN(c1cccc(C)c1)c1nccc(NCc2ccncc2)n1. The van der Waals surface area contributed by atoms with Crippen LogP contribution in [0.1, 0.15) is 18.1 Å². The predicted molar refractivity (Wildman–Crippen MR) is 97.5 cm³/mol. The van der Waals surface area contributed by atoms with Gasteiger partial charge in [-0.1, -0.05) is 12.1 Å². The maximum atomic E-state index is 4.65. The highest BCUT2D eigenvalue weighted by atomic mass is 15.3. The molecule has 5 heteroatoms. The van der Waals surface area contributed by atoms with E-state index >= 15 is 0 Å². The van der Waals surface area contributed by atoms with E-state index in [-0.39, 0.29) is 0 Å². The highest BCUT2D eigenvalue weighted by molar-refractivity contribution is 5.59. The molecule has 0 aliphatic heterocycles. The van der Waals surface area contributed by atoms with E-state index < -0.39 is 0 Å². The first-order chi connectivity index (χ1) is 11.8. The minimum Gasteiger partial charge on any atom is -0.366 e. The Balaban J connectivity index is 1.78. The third kappa shape index (κ3) is 3.87. The molecule has 5 nitrogen and oxygen atoms in total. The molecule has 2 heterocycles. The van der Waals surface area contributed by atoms with Crippen LogP contribution in [0.5, 0.6) is 0 Å². The fourth-order valence-electron chi connectivity index (χ4n) is 2.51. The van der Waals surface area contributed by atoms with Crippen LogP contribution in [-0.2, 0) is 6.54 Å². The Hall–Kier alpha value is -2.95.